The zero-order valence-electron chi connectivity index (χ0n) is 10.1. The van der Waals surface area contributed by atoms with Crippen LogP contribution in [0.1, 0.15) is 51.9 Å². The SMILES string of the molecule is CCC1(C(=O)NC2CCCC2)CCCN1.Cl. The summed E-state index contributed by atoms with van der Waals surface area (Å²) in [5.41, 5.74) is -0.247. The van der Waals surface area contributed by atoms with Crippen LogP contribution in [0.25, 0.3) is 0 Å². The molecule has 16 heavy (non-hydrogen) atoms. The number of halogens is 1. The summed E-state index contributed by atoms with van der Waals surface area (Å²) in [5.74, 6) is 0.245. The Bertz CT molecular complexity index is 233. The predicted octanol–water partition coefficient (Wildman–Crippen LogP) is 2.00. The molecule has 0 bridgehead atoms. The molecule has 1 saturated carbocycles. The second kappa shape index (κ2) is 5.87. The molecule has 0 aromatic rings. The fraction of sp³-hybridized carbons (Fsp3) is 0.917. The maximum atomic E-state index is 12.2. The zero-order valence-corrected chi connectivity index (χ0v) is 10.9. The molecule has 3 nitrogen and oxygen atoms in total. The number of hydrogen-bond donors (Lipinski definition) is 2. The van der Waals surface area contributed by atoms with Gasteiger partial charge in [0, 0.05) is 6.04 Å². The lowest BCUT2D eigenvalue weighted by molar-refractivity contribution is -0.128. The fourth-order valence-electron chi connectivity index (χ4n) is 2.86. The van der Waals surface area contributed by atoms with Crippen molar-refractivity contribution in [3.05, 3.63) is 0 Å². The van der Waals surface area contributed by atoms with Crippen LogP contribution in [0.15, 0.2) is 0 Å². The molecule has 94 valence electrons. The van der Waals surface area contributed by atoms with Crippen molar-refractivity contribution < 1.29 is 4.79 Å². The van der Waals surface area contributed by atoms with E-state index in [9.17, 15) is 4.79 Å². The molecule has 0 spiro atoms. The van der Waals surface area contributed by atoms with E-state index in [4.69, 9.17) is 0 Å². The van der Waals surface area contributed by atoms with Crippen molar-refractivity contribution in [3.8, 4) is 0 Å². The molecule has 0 radical (unpaired) electrons. The van der Waals surface area contributed by atoms with Crippen LogP contribution in [0.3, 0.4) is 0 Å². The van der Waals surface area contributed by atoms with Crippen molar-refractivity contribution in [3.63, 3.8) is 0 Å². The molecule has 0 aromatic carbocycles. The van der Waals surface area contributed by atoms with Crippen LogP contribution in [0, 0.1) is 0 Å². The molecule has 0 aromatic heterocycles. The quantitative estimate of drug-likeness (QED) is 0.800. The molecule has 1 unspecified atom stereocenters. The van der Waals surface area contributed by atoms with E-state index < -0.39 is 0 Å². The third-order valence-electron chi connectivity index (χ3n) is 3.97. The van der Waals surface area contributed by atoms with Gasteiger partial charge in [-0.2, -0.15) is 0 Å². The molecule has 1 aliphatic carbocycles. The number of nitrogens with one attached hydrogen (secondary N) is 2. The van der Waals surface area contributed by atoms with Gasteiger partial charge in [0.15, 0.2) is 0 Å². The van der Waals surface area contributed by atoms with Gasteiger partial charge in [-0.15, -0.1) is 12.4 Å². The molecule has 2 N–H and O–H groups in total. The summed E-state index contributed by atoms with van der Waals surface area (Å²) in [7, 11) is 0. The van der Waals surface area contributed by atoms with Crippen LogP contribution >= 0.6 is 12.4 Å². The lowest BCUT2D eigenvalue weighted by Gasteiger charge is -2.28. The minimum atomic E-state index is -0.247. The van der Waals surface area contributed by atoms with Gasteiger partial charge >= 0.3 is 0 Å². The summed E-state index contributed by atoms with van der Waals surface area (Å²) in [6.45, 7) is 3.10. The summed E-state index contributed by atoms with van der Waals surface area (Å²) in [5, 5.41) is 6.59. The van der Waals surface area contributed by atoms with Crippen molar-refractivity contribution in [1.82, 2.24) is 10.6 Å². The number of carbonyl (C=O) groups excluding carboxylic acids is 1. The molecule has 2 fully saturated rings. The smallest absolute Gasteiger partial charge is 0.240 e. The van der Waals surface area contributed by atoms with E-state index in [2.05, 4.69) is 17.6 Å². The minimum absolute atomic E-state index is 0. The molecular weight excluding hydrogens is 224 g/mol. The number of hydrogen-bond acceptors (Lipinski definition) is 2. The molecule has 1 heterocycles. The highest BCUT2D eigenvalue weighted by Gasteiger charge is 2.39. The Kier molecular flexibility index (Phi) is 5.06. The Morgan fingerprint density at radius 1 is 1.38 bits per heavy atom. The van der Waals surface area contributed by atoms with Gasteiger partial charge in [-0.05, 0) is 38.6 Å². The molecule has 4 heteroatoms. The van der Waals surface area contributed by atoms with E-state index in [0.717, 1.165) is 25.8 Å². The van der Waals surface area contributed by atoms with Gasteiger partial charge in [-0.3, -0.25) is 4.79 Å². The van der Waals surface area contributed by atoms with Crippen LogP contribution in [0.2, 0.25) is 0 Å². The van der Waals surface area contributed by atoms with Gasteiger partial charge in [0.25, 0.3) is 0 Å². The van der Waals surface area contributed by atoms with Crippen LogP contribution in [-0.2, 0) is 4.79 Å². The van der Waals surface area contributed by atoms with E-state index in [0.29, 0.717) is 6.04 Å². The summed E-state index contributed by atoms with van der Waals surface area (Å²) >= 11 is 0. The lowest BCUT2D eigenvalue weighted by atomic mass is 9.92. The standard InChI is InChI=1S/C12H22N2O.ClH/c1-2-12(8-5-9-13-12)11(15)14-10-6-3-4-7-10;/h10,13H,2-9H2,1H3,(H,14,15);1H. The van der Waals surface area contributed by atoms with Crippen LogP contribution in [0.4, 0.5) is 0 Å². The highest BCUT2D eigenvalue weighted by molar-refractivity contribution is 5.86. The van der Waals surface area contributed by atoms with Crippen LogP contribution in [-0.4, -0.2) is 24.0 Å². The Balaban J connectivity index is 0.00000128. The Morgan fingerprint density at radius 2 is 2.06 bits per heavy atom. The topological polar surface area (TPSA) is 41.1 Å². The van der Waals surface area contributed by atoms with E-state index in [-0.39, 0.29) is 23.9 Å². The average Bonchev–Trinajstić information content (AvgIpc) is 2.87. The number of carbonyl (C=O) groups is 1. The van der Waals surface area contributed by atoms with E-state index >= 15 is 0 Å². The summed E-state index contributed by atoms with van der Waals surface area (Å²) in [6.07, 6.45) is 7.94. The summed E-state index contributed by atoms with van der Waals surface area (Å²) in [4.78, 5) is 12.2. The predicted molar refractivity (Wildman–Crippen MR) is 67.9 cm³/mol. The van der Waals surface area contributed by atoms with E-state index in [1.807, 2.05) is 0 Å². The van der Waals surface area contributed by atoms with Gasteiger partial charge in [0.2, 0.25) is 5.91 Å². The first kappa shape index (κ1) is 13.8. The monoisotopic (exact) mass is 246 g/mol. The first-order valence-corrected chi connectivity index (χ1v) is 6.33. The summed E-state index contributed by atoms with van der Waals surface area (Å²) < 4.78 is 0. The normalized spacial score (nSPS) is 30.1. The van der Waals surface area contributed by atoms with Crippen molar-refractivity contribution >= 4 is 18.3 Å². The first-order valence-electron chi connectivity index (χ1n) is 6.33. The van der Waals surface area contributed by atoms with Crippen molar-refractivity contribution in [1.29, 1.82) is 0 Å². The Hall–Kier alpha value is -0.280. The molecule has 1 atom stereocenters. The number of rotatable bonds is 3. The second-order valence-corrected chi connectivity index (χ2v) is 4.92. The van der Waals surface area contributed by atoms with Gasteiger partial charge < -0.3 is 10.6 Å². The third-order valence-corrected chi connectivity index (χ3v) is 3.97. The molecule has 1 amide bonds. The molecule has 2 aliphatic rings. The fourth-order valence-corrected chi connectivity index (χ4v) is 2.86. The summed E-state index contributed by atoms with van der Waals surface area (Å²) in [6, 6.07) is 0.448. The molecular formula is C12H23ClN2O. The number of amides is 1. The van der Waals surface area contributed by atoms with Crippen LogP contribution in [0.5, 0.6) is 0 Å². The van der Waals surface area contributed by atoms with Gasteiger partial charge in [-0.25, -0.2) is 0 Å². The average molecular weight is 247 g/mol. The largest absolute Gasteiger partial charge is 0.352 e. The van der Waals surface area contributed by atoms with Crippen molar-refractivity contribution in [2.45, 2.75) is 63.5 Å². The third kappa shape index (κ3) is 2.69. The van der Waals surface area contributed by atoms with E-state index in [1.54, 1.807) is 0 Å². The Morgan fingerprint density at radius 3 is 2.56 bits per heavy atom. The zero-order chi connectivity index (χ0) is 10.7. The Labute approximate surface area is 104 Å². The minimum Gasteiger partial charge on any atom is -0.352 e. The maximum absolute atomic E-state index is 12.2. The van der Waals surface area contributed by atoms with Gasteiger partial charge in [0.1, 0.15) is 0 Å². The van der Waals surface area contributed by atoms with Crippen molar-refractivity contribution in [2.24, 2.45) is 0 Å². The van der Waals surface area contributed by atoms with Crippen molar-refractivity contribution in [2.75, 3.05) is 6.54 Å². The van der Waals surface area contributed by atoms with Crippen LogP contribution < -0.4 is 10.6 Å². The molecule has 2 rings (SSSR count). The van der Waals surface area contributed by atoms with Gasteiger partial charge in [-0.1, -0.05) is 19.8 Å². The first-order chi connectivity index (χ1) is 7.27. The highest BCUT2D eigenvalue weighted by atomic mass is 35.5. The highest BCUT2D eigenvalue weighted by Crippen LogP contribution is 2.25. The van der Waals surface area contributed by atoms with Gasteiger partial charge in [0.05, 0.1) is 5.54 Å². The molecule has 1 saturated heterocycles. The van der Waals surface area contributed by atoms with E-state index in [1.165, 1.54) is 25.7 Å². The second-order valence-electron chi connectivity index (χ2n) is 4.92. The maximum Gasteiger partial charge on any atom is 0.240 e. The molecule has 1 aliphatic heterocycles. The lowest BCUT2D eigenvalue weighted by Crippen LogP contribution is -2.55.